The van der Waals surface area contributed by atoms with Crippen molar-refractivity contribution in [1.29, 1.82) is 0 Å². The number of nitrogens with one attached hydrogen (secondary N) is 2. The van der Waals surface area contributed by atoms with Gasteiger partial charge in [0, 0.05) is 6.54 Å². The van der Waals surface area contributed by atoms with Crippen molar-refractivity contribution in [3.8, 4) is 0 Å². The van der Waals surface area contributed by atoms with Gasteiger partial charge in [0.15, 0.2) is 0 Å². The average Bonchev–Trinajstić information content (AvgIpc) is 2.75. The summed E-state index contributed by atoms with van der Waals surface area (Å²) in [6.45, 7) is 3.04. The molecule has 104 valence electrons. The second-order valence-corrected chi connectivity index (χ2v) is 5.41. The number of ether oxygens (including phenoxy) is 1. The first-order valence-corrected chi connectivity index (χ1v) is 7.27. The van der Waals surface area contributed by atoms with Gasteiger partial charge in [-0.15, -0.1) is 0 Å². The quantitative estimate of drug-likeness (QED) is 0.653. The van der Waals surface area contributed by atoms with Gasteiger partial charge in [0.2, 0.25) is 0 Å². The molecular formula is C11H20N2O4S. The first-order valence-electron chi connectivity index (χ1n) is 5.88. The highest BCUT2D eigenvalue weighted by atomic mass is 32.2. The molecule has 0 aromatic carbocycles. The average molecular weight is 276 g/mol. The predicted molar refractivity (Wildman–Crippen MR) is 69.8 cm³/mol. The molecule has 3 N–H and O–H groups in total. The SMILES string of the molecule is CSCC(C)CNC(=O)NC1COCC1C(=O)O. The van der Waals surface area contributed by atoms with Crippen LogP contribution in [-0.2, 0) is 9.53 Å². The minimum absolute atomic E-state index is 0.156. The summed E-state index contributed by atoms with van der Waals surface area (Å²) in [6.07, 6.45) is 2.02. The Labute approximate surface area is 111 Å². The van der Waals surface area contributed by atoms with Crippen molar-refractivity contribution >= 4 is 23.8 Å². The second kappa shape index (κ2) is 7.48. The van der Waals surface area contributed by atoms with Gasteiger partial charge < -0.3 is 20.5 Å². The number of aliphatic carboxylic acids is 1. The van der Waals surface area contributed by atoms with E-state index < -0.39 is 17.9 Å². The maximum Gasteiger partial charge on any atom is 0.315 e. The molecule has 1 saturated heterocycles. The number of hydrogen-bond donors (Lipinski definition) is 3. The highest BCUT2D eigenvalue weighted by Gasteiger charge is 2.34. The Morgan fingerprint density at radius 1 is 1.50 bits per heavy atom. The maximum atomic E-state index is 11.6. The highest BCUT2D eigenvalue weighted by molar-refractivity contribution is 7.98. The summed E-state index contributed by atoms with van der Waals surface area (Å²) in [6, 6.07) is -0.775. The first kappa shape index (κ1) is 15.1. The summed E-state index contributed by atoms with van der Waals surface area (Å²) >= 11 is 1.73. The monoisotopic (exact) mass is 276 g/mol. The van der Waals surface area contributed by atoms with Crippen LogP contribution in [0.25, 0.3) is 0 Å². The molecule has 0 saturated carbocycles. The van der Waals surface area contributed by atoms with Crippen molar-refractivity contribution in [2.24, 2.45) is 11.8 Å². The first-order chi connectivity index (χ1) is 8.54. The molecule has 18 heavy (non-hydrogen) atoms. The standard InChI is InChI=1S/C11H20N2O4S/c1-7(6-18-2)3-12-11(16)13-9-5-17-4-8(9)10(14)15/h7-9H,3-6H2,1-2H3,(H,14,15)(H2,12,13,16). The second-order valence-electron chi connectivity index (χ2n) is 4.50. The van der Waals surface area contributed by atoms with Gasteiger partial charge in [0.1, 0.15) is 5.92 Å². The van der Waals surface area contributed by atoms with Gasteiger partial charge in [0.25, 0.3) is 0 Å². The third-order valence-electron chi connectivity index (χ3n) is 2.78. The van der Waals surface area contributed by atoms with E-state index in [1.165, 1.54) is 0 Å². The molecule has 6 nitrogen and oxygen atoms in total. The zero-order valence-corrected chi connectivity index (χ0v) is 11.5. The number of carbonyl (C=O) groups is 2. The van der Waals surface area contributed by atoms with Crippen LogP contribution >= 0.6 is 11.8 Å². The van der Waals surface area contributed by atoms with Crippen LogP contribution in [0.4, 0.5) is 4.79 Å². The van der Waals surface area contributed by atoms with Gasteiger partial charge in [-0.1, -0.05) is 6.92 Å². The predicted octanol–water partition coefficient (Wildman–Crippen LogP) is 0.384. The summed E-state index contributed by atoms with van der Waals surface area (Å²) < 4.78 is 5.07. The molecule has 1 aliphatic rings. The fourth-order valence-corrected chi connectivity index (χ4v) is 2.46. The van der Waals surface area contributed by atoms with E-state index in [0.29, 0.717) is 12.5 Å². The molecule has 7 heteroatoms. The van der Waals surface area contributed by atoms with Gasteiger partial charge in [-0.25, -0.2) is 4.79 Å². The van der Waals surface area contributed by atoms with Crippen LogP contribution in [-0.4, -0.2) is 54.9 Å². The van der Waals surface area contributed by atoms with E-state index in [-0.39, 0.29) is 19.2 Å². The fraction of sp³-hybridized carbons (Fsp3) is 0.818. The van der Waals surface area contributed by atoms with Gasteiger partial charge in [-0.2, -0.15) is 11.8 Å². The Hall–Kier alpha value is -0.950. The van der Waals surface area contributed by atoms with E-state index in [0.717, 1.165) is 5.75 Å². The lowest BCUT2D eigenvalue weighted by atomic mass is 10.0. The van der Waals surface area contributed by atoms with Crippen molar-refractivity contribution in [3.05, 3.63) is 0 Å². The van der Waals surface area contributed by atoms with Crippen LogP contribution in [0.15, 0.2) is 0 Å². The molecule has 1 aliphatic heterocycles. The number of urea groups is 1. The van der Waals surface area contributed by atoms with E-state index in [4.69, 9.17) is 9.84 Å². The fourth-order valence-electron chi connectivity index (χ4n) is 1.77. The highest BCUT2D eigenvalue weighted by Crippen LogP contribution is 2.13. The van der Waals surface area contributed by atoms with Crippen LogP contribution < -0.4 is 10.6 Å². The molecule has 0 aromatic rings. The third-order valence-corrected chi connectivity index (χ3v) is 3.68. The Balaban J connectivity index is 2.29. The van der Waals surface area contributed by atoms with E-state index in [9.17, 15) is 9.59 Å². The zero-order valence-electron chi connectivity index (χ0n) is 10.6. The topological polar surface area (TPSA) is 87.7 Å². The lowest BCUT2D eigenvalue weighted by molar-refractivity contribution is -0.142. The van der Waals surface area contributed by atoms with Crippen molar-refractivity contribution in [3.63, 3.8) is 0 Å². The van der Waals surface area contributed by atoms with Crippen LogP contribution in [0.1, 0.15) is 6.92 Å². The number of carboxylic acids is 1. The number of hydrogen-bond acceptors (Lipinski definition) is 4. The molecule has 1 heterocycles. The zero-order chi connectivity index (χ0) is 13.5. The van der Waals surface area contributed by atoms with Crippen molar-refractivity contribution in [2.75, 3.05) is 31.8 Å². The molecular weight excluding hydrogens is 256 g/mol. The van der Waals surface area contributed by atoms with Gasteiger partial charge in [-0.05, 0) is 17.9 Å². The number of amides is 2. The van der Waals surface area contributed by atoms with Crippen LogP contribution in [0.2, 0.25) is 0 Å². The Kier molecular flexibility index (Phi) is 6.28. The number of rotatable bonds is 6. The molecule has 1 rings (SSSR count). The minimum Gasteiger partial charge on any atom is -0.481 e. The minimum atomic E-state index is -0.937. The van der Waals surface area contributed by atoms with E-state index in [1.807, 2.05) is 6.26 Å². The molecule has 0 bridgehead atoms. The van der Waals surface area contributed by atoms with Crippen molar-refractivity contribution in [2.45, 2.75) is 13.0 Å². The number of carbonyl (C=O) groups excluding carboxylic acids is 1. The Bertz CT molecular complexity index is 301. The van der Waals surface area contributed by atoms with Crippen LogP contribution in [0.3, 0.4) is 0 Å². The van der Waals surface area contributed by atoms with Crippen LogP contribution in [0.5, 0.6) is 0 Å². The summed E-state index contributed by atoms with van der Waals surface area (Å²) in [5.74, 6) is -0.223. The number of thioether (sulfide) groups is 1. The Morgan fingerprint density at radius 3 is 2.83 bits per heavy atom. The Morgan fingerprint density at radius 2 is 2.22 bits per heavy atom. The third kappa shape index (κ3) is 4.73. The van der Waals surface area contributed by atoms with Crippen molar-refractivity contribution < 1.29 is 19.4 Å². The molecule has 0 aromatic heterocycles. The molecule has 1 fully saturated rings. The number of carboxylic acid groups (broad SMARTS) is 1. The molecule has 2 amide bonds. The summed E-state index contributed by atoms with van der Waals surface area (Å²) in [5, 5.41) is 14.3. The molecule has 0 radical (unpaired) electrons. The largest absolute Gasteiger partial charge is 0.481 e. The lowest BCUT2D eigenvalue weighted by Gasteiger charge is -2.17. The molecule has 0 spiro atoms. The van der Waals surface area contributed by atoms with Crippen LogP contribution in [0, 0.1) is 11.8 Å². The van der Waals surface area contributed by atoms with E-state index >= 15 is 0 Å². The van der Waals surface area contributed by atoms with Crippen molar-refractivity contribution in [1.82, 2.24) is 10.6 Å². The smallest absolute Gasteiger partial charge is 0.315 e. The van der Waals surface area contributed by atoms with Gasteiger partial charge in [-0.3, -0.25) is 4.79 Å². The van der Waals surface area contributed by atoms with E-state index in [1.54, 1.807) is 11.8 Å². The van der Waals surface area contributed by atoms with Gasteiger partial charge >= 0.3 is 12.0 Å². The molecule has 3 atom stereocenters. The normalized spacial score (nSPS) is 24.6. The van der Waals surface area contributed by atoms with E-state index in [2.05, 4.69) is 17.6 Å². The lowest BCUT2D eigenvalue weighted by Crippen LogP contribution is -2.48. The van der Waals surface area contributed by atoms with Gasteiger partial charge in [0.05, 0.1) is 19.3 Å². The molecule has 0 aliphatic carbocycles. The summed E-state index contributed by atoms with van der Waals surface area (Å²) in [5.41, 5.74) is 0. The maximum absolute atomic E-state index is 11.6. The summed E-state index contributed by atoms with van der Waals surface area (Å²) in [4.78, 5) is 22.5. The summed E-state index contributed by atoms with van der Waals surface area (Å²) in [7, 11) is 0. The molecule has 3 unspecified atom stereocenters.